The number of Topliss-reactive ketones (excluding diaryl/α,β-unsaturated/α-hetero) is 1. The second-order valence-electron chi connectivity index (χ2n) is 11.3. The van der Waals surface area contributed by atoms with Crippen molar-refractivity contribution in [1.29, 1.82) is 0 Å². The van der Waals surface area contributed by atoms with Crippen molar-refractivity contribution in [3.63, 3.8) is 0 Å². The molecule has 0 aliphatic carbocycles. The minimum atomic E-state index is -0.715. The molecule has 1 N–H and O–H groups in total. The van der Waals surface area contributed by atoms with Crippen LogP contribution in [0.1, 0.15) is 104 Å². The molecule has 0 spiro atoms. The fourth-order valence-electron chi connectivity index (χ4n) is 3.84. The van der Waals surface area contributed by atoms with E-state index in [9.17, 15) is 19.2 Å². The predicted octanol–water partition coefficient (Wildman–Crippen LogP) is 6.76. The average Bonchev–Trinajstić information content (AvgIpc) is 3.58. The van der Waals surface area contributed by atoms with Crippen molar-refractivity contribution in [2.24, 2.45) is 16.8 Å². The van der Waals surface area contributed by atoms with Crippen LogP contribution in [0.2, 0.25) is 0 Å². The number of rotatable bonds is 19. The summed E-state index contributed by atoms with van der Waals surface area (Å²) in [6.07, 6.45) is 9.82. The Balaban J connectivity index is 1.87. The van der Waals surface area contributed by atoms with Gasteiger partial charge >= 0.3 is 5.97 Å². The van der Waals surface area contributed by atoms with Crippen LogP contribution in [-0.2, 0) is 30.5 Å². The lowest BCUT2D eigenvalue weighted by atomic mass is 9.98. The number of aliphatic imine (C=N–C) groups is 1. The maximum atomic E-state index is 12.8. The third kappa shape index (κ3) is 12.7. The van der Waals surface area contributed by atoms with Gasteiger partial charge in [0, 0.05) is 23.3 Å². The van der Waals surface area contributed by atoms with Crippen molar-refractivity contribution in [2.45, 2.75) is 111 Å². The summed E-state index contributed by atoms with van der Waals surface area (Å²) in [5.41, 5.74) is -0.00267. The first-order valence-corrected chi connectivity index (χ1v) is 17.8. The summed E-state index contributed by atoms with van der Waals surface area (Å²) in [6, 6.07) is 0. The number of esters is 1. The molecular formula is C31H47N3O5S3. The molecule has 0 saturated carbocycles. The molecular weight excluding hydrogens is 591 g/mol. The molecule has 0 saturated heterocycles. The van der Waals surface area contributed by atoms with Crippen molar-refractivity contribution in [1.82, 2.24) is 10.3 Å². The Labute approximate surface area is 263 Å². The number of hydrogen-bond acceptors (Lipinski definition) is 10. The van der Waals surface area contributed by atoms with Gasteiger partial charge in [-0.3, -0.25) is 24.2 Å². The molecule has 0 fully saturated rings. The molecule has 1 aromatic rings. The Morgan fingerprint density at radius 1 is 1.17 bits per heavy atom. The van der Waals surface area contributed by atoms with Crippen LogP contribution in [-0.4, -0.2) is 56.0 Å². The third-order valence-electron chi connectivity index (χ3n) is 7.21. The Morgan fingerprint density at radius 2 is 1.90 bits per heavy atom. The Kier molecular flexibility index (Phi) is 16.1. The second-order valence-corrected chi connectivity index (χ2v) is 14.3. The molecule has 1 aliphatic rings. The molecule has 42 heavy (non-hydrogen) atoms. The van der Waals surface area contributed by atoms with E-state index in [4.69, 9.17) is 4.74 Å². The van der Waals surface area contributed by atoms with E-state index < -0.39 is 11.6 Å². The summed E-state index contributed by atoms with van der Waals surface area (Å²) in [5, 5.41) is 6.44. The number of ether oxygens (including phenoxy) is 1. The number of thioether (sulfide) groups is 2. The van der Waals surface area contributed by atoms with E-state index in [1.54, 1.807) is 13.0 Å². The normalized spacial score (nSPS) is 18.2. The van der Waals surface area contributed by atoms with Crippen molar-refractivity contribution in [3.8, 4) is 0 Å². The average molecular weight is 638 g/mol. The van der Waals surface area contributed by atoms with Gasteiger partial charge in [0.2, 0.25) is 5.91 Å². The molecule has 1 aliphatic heterocycles. The summed E-state index contributed by atoms with van der Waals surface area (Å²) in [7, 11) is 0. The van der Waals surface area contributed by atoms with Crippen LogP contribution < -0.4 is 5.32 Å². The zero-order valence-electron chi connectivity index (χ0n) is 25.9. The molecule has 2 heterocycles. The number of unbranched alkanes of at least 4 members (excludes halogenated alkanes) is 4. The van der Waals surface area contributed by atoms with Gasteiger partial charge in [0.15, 0.2) is 10.9 Å². The SMILES string of the molecule is CCCCCCCC(=O)SCC/C=C/[C@H](CC(=O)NCc1nc(C2=N[C@](C)(C(C)=O)CS2)cs1)OC(=O)[C@@H](C)C(C)C. The standard InChI is InChI=1S/C31H47N3O5S3/c1-7-8-9-10-11-15-28(37)40-16-13-12-14-24(39-30(38)22(4)21(2)3)17-26(36)32-18-27-33-25(19-41-27)29-34-31(6,20-42-29)23(5)35/h12,14,19,21-22,24H,7-11,13,15-18,20H2,1-6H3,(H,32,36)/b14-12+/t22-,24+,31-/m0/s1. The maximum absolute atomic E-state index is 12.8. The molecule has 0 radical (unpaired) electrons. The highest BCUT2D eigenvalue weighted by atomic mass is 32.2. The Hall–Kier alpha value is -1.98. The van der Waals surface area contributed by atoms with Gasteiger partial charge in [-0.1, -0.05) is 71.2 Å². The molecule has 0 aromatic carbocycles. The predicted molar refractivity (Wildman–Crippen MR) is 175 cm³/mol. The second kappa shape index (κ2) is 18.6. The number of allylic oxidation sites excluding steroid dienone is 1. The lowest BCUT2D eigenvalue weighted by Crippen LogP contribution is -2.31. The van der Waals surface area contributed by atoms with E-state index >= 15 is 0 Å². The lowest BCUT2D eigenvalue weighted by Gasteiger charge is -2.19. The number of carbonyl (C=O) groups is 4. The molecule has 234 valence electrons. The van der Waals surface area contributed by atoms with E-state index in [-0.39, 0.29) is 47.6 Å². The summed E-state index contributed by atoms with van der Waals surface area (Å²) < 4.78 is 5.70. The van der Waals surface area contributed by atoms with Gasteiger partial charge in [-0.15, -0.1) is 23.1 Å². The quantitative estimate of drug-likeness (QED) is 0.101. The molecule has 3 atom stereocenters. The monoisotopic (exact) mass is 637 g/mol. The van der Waals surface area contributed by atoms with Gasteiger partial charge in [-0.2, -0.15) is 0 Å². The number of nitrogens with one attached hydrogen (secondary N) is 1. The summed E-state index contributed by atoms with van der Waals surface area (Å²) in [6.45, 7) is 11.5. The van der Waals surface area contributed by atoms with E-state index in [2.05, 4.69) is 22.2 Å². The first-order valence-electron chi connectivity index (χ1n) is 14.9. The minimum Gasteiger partial charge on any atom is -0.457 e. The number of hydrogen-bond donors (Lipinski definition) is 1. The third-order valence-corrected chi connectivity index (χ3v) is 10.3. The van der Waals surface area contributed by atoms with Crippen LogP contribution in [0.15, 0.2) is 22.5 Å². The van der Waals surface area contributed by atoms with Crippen LogP contribution in [0.4, 0.5) is 0 Å². The fraction of sp³-hybridized carbons (Fsp3) is 0.677. The number of aromatic nitrogens is 1. The molecule has 8 nitrogen and oxygen atoms in total. The Morgan fingerprint density at radius 3 is 2.57 bits per heavy atom. The van der Waals surface area contributed by atoms with Crippen molar-refractivity contribution in [2.75, 3.05) is 11.5 Å². The lowest BCUT2D eigenvalue weighted by molar-refractivity contribution is -0.153. The molecule has 0 unspecified atom stereocenters. The minimum absolute atomic E-state index is 0.00531. The van der Waals surface area contributed by atoms with E-state index in [1.165, 1.54) is 54.1 Å². The van der Waals surface area contributed by atoms with Gasteiger partial charge in [0.1, 0.15) is 27.4 Å². The van der Waals surface area contributed by atoms with Crippen molar-refractivity contribution < 1.29 is 23.9 Å². The smallest absolute Gasteiger partial charge is 0.309 e. The Bertz CT molecular complexity index is 1120. The van der Waals surface area contributed by atoms with Gasteiger partial charge in [-0.25, -0.2) is 4.98 Å². The van der Waals surface area contributed by atoms with E-state index in [0.717, 1.165) is 22.9 Å². The number of carbonyl (C=O) groups excluding carboxylic acids is 4. The molecule has 0 bridgehead atoms. The number of amides is 1. The van der Waals surface area contributed by atoms with Crippen LogP contribution in [0.5, 0.6) is 0 Å². The van der Waals surface area contributed by atoms with E-state index in [1.807, 2.05) is 39.2 Å². The number of ketones is 1. The van der Waals surface area contributed by atoms with Crippen molar-refractivity contribution in [3.05, 3.63) is 28.2 Å². The van der Waals surface area contributed by atoms with Crippen LogP contribution >= 0.6 is 34.9 Å². The zero-order valence-corrected chi connectivity index (χ0v) is 28.4. The fourth-order valence-corrected chi connectivity index (χ4v) is 6.61. The van der Waals surface area contributed by atoms with Crippen LogP contribution in [0, 0.1) is 11.8 Å². The topological polar surface area (TPSA) is 115 Å². The van der Waals surface area contributed by atoms with Gasteiger partial charge < -0.3 is 10.1 Å². The highest BCUT2D eigenvalue weighted by Crippen LogP contribution is 2.32. The van der Waals surface area contributed by atoms with E-state index in [0.29, 0.717) is 30.0 Å². The highest BCUT2D eigenvalue weighted by Gasteiger charge is 2.36. The number of nitrogens with zero attached hydrogens (tertiary/aromatic N) is 2. The highest BCUT2D eigenvalue weighted by molar-refractivity contribution is 8.14. The summed E-state index contributed by atoms with van der Waals surface area (Å²) >= 11 is 4.27. The largest absolute Gasteiger partial charge is 0.457 e. The molecule has 1 amide bonds. The zero-order chi connectivity index (χ0) is 31.1. The van der Waals surface area contributed by atoms with Gasteiger partial charge in [-0.05, 0) is 38.7 Å². The first-order chi connectivity index (χ1) is 19.9. The first kappa shape index (κ1) is 36.2. The van der Waals surface area contributed by atoms with Gasteiger partial charge in [0.25, 0.3) is 0 Å². The van der Waals surface area contributed by atoms with Crippen LogP contribution in [0.25, 0.3) is 0 Å². The van der Waals surface area contributed by atoms with Crippen molar-refractivity contribution >= 4 is 62.7 Å². The maximum Gasteiger partial charge on any atom is 0.309 e. The van der Waals surface area contributed by atoms with Crippen LogP contribution in [0.3, 0.4) is 0 Å². The molecule has 11 heteroatoms. The summed E-state index contributed by atoms with van der Waals surface area (Å²) in [4.78, 5) is 58.6. The molecule has 2 rings (SSSR count). The summed E-state index contributed by atoms with van der Waals surface area (Å²) in [5.74, 6) is 0.521. The number of thiazole rings is 1. The molecule has 1 aromatic heterocycles. The van der Waals surface area contributed by atoms with Gasteiger partial charge in [0.05, 0.1) is 18.9 Å².